The fourth-order valence-corrected chi connectivity index (χ4v) is 3.89. The van der Waals surface area contributed by atoms with Crippen molar-refractivity contribution in [3.8, 4) is 0 Å². The van der Waals surface area contributed by atoms with Gasteiger partial charge in [0, 0.05) is 0 Å². The molecule has 1 aliphatic heterocycles. The Bertz CT molecular complexity index is 399. The lowest BCUT2D eigenvalue weighted by Crippen LogP contribution is -2.03. The van der Waals surface area contributed by atoms with Gasteiger partial charge in [0.2, 0.25) is 0 Å². The zero-order chi connectivity index (χ0) is 12.3. The molecule has 1 N–H and O–H groups in total. The minimum Gasteiger partial charge on any atom is -0.308 e. The van der Waals surface area contributed by atoms with Gasteiger partial charge in [-0.25, -0.2) is 0 Å². The highest BCUT2D eigenvalue weighted by Gasteiger charge is 2.53. The maximum Gasteiger partial charge on any atom is 0.349 e. The van der Waals surface area contributed by atoms with Crippen molar-refractivity contribution in [3.63, 3.8) is 0 Å². The van der Waals surface area contributed by atoms with Crippen LogP contribution in [0.4, 0.5) is 0 Å². The van der Waals surface area contributed by atoms with E-state index in [0.717, 1.165) is 5.56 Å². The van der Waals surface area contributed by atoms with E-state index in [4.69, 9.17) is 9.05 Å². The first kappa shape index (κ1) is 12.8. The van der Waals surface area contributed by atoms with Gasteiger partial charge in [-0.2, -0.15) is 0 Å². The molecule has 1 heterocycles. The molecule has 0 saturated carbocycles. The highest BCUT2D eigenvalue weighted by atomic mass is 31.2. The maximum absolute atomic E-state index is 12.5. The smallest absolute Gasteiger partial charge is 0.308 e. The molecule has 94 valence electrons. The zero-order valence-electron chi connectivity index (χ0n) is 10.1. The molecule has 1 fully saturated rings. The third-order valence-corrected chi connectivity index (χ3v) is 5.04. The first-order valence-electron chi connectivity index (χ1n) is 5.91. The number of hydrogen-bond donors (Lipinski definition) is 1. The van der Waals surface area contributed by atoms with Gasteiger partial charge in [0.15, 0.2) is 0 Å². The Hall–Kier alpha value is -0.670. The van der Waals surface area contributed by atoms with E-state index in [-0.39, 0.29) is 11.8 Å². The summed E-state index contributed by atoms with van der Waals surface area (Å²) < 4.78 is 23.1. The molecule has 4 nitrogen and oxygen atoms in total. The van der Waals surface area contributed by atoms with Gasteiger partial charge in [0.1, 0.15) is 5.78 Å². The van der Waals surface area contributed by atoms with Gasteiger partial charge in [0.25, 0.3) is 0 Å². The van der Waals surface area contributed by atoms with E-state index in [2.05, 4.69) is 5.32 Å². The number of benzene rings is 1. The molecule has 17 heavy (non-hydrogen) atoms. The van der Waals surface area contributed by atoms with Crippen molar-refractivity contribution in [1.82, 2.24) is 5.32 Å². The molecule has 0 aromatic heterocycles. The molecule has 0 spiro atoms. The lowest BCUT2D eigenvalue weighted by atomic mass is 10.2. The molecule has 0 unspecified atom stereocenters. The number of rotatable bonds is 6. The van der Waals surface area contributed by atoms with Crippen LogP contribution < -0.4 is 5.32 Å². The van der Waals surface area contributed by atoms with E-state index in [1.54, 1.807) is 0 Å². The molecule has 0 bridgehead atoms. The molecule has 2 rings (SSSR count). The summed E-state index contributed by atoms with van der Waals surface area (Å²) in [5.41, 5.74) is 1.12. The second-order valence-electron chi connectivity index (χ2n) is 3.88. The van der Waals surface area contributed by atoms with Gasteiger partial charge < -0.3 is 9.05 Å². The Kier molecular flexibility index (Phi) is 4.00. The van der Waals surface area contributed by atoms with Gasteiger partial charge in [0.05, 0.1) is 19.3 Å². The fraction of sp³-hybridized carbons (Fsp3) is 0.500. The molecule has 0 radical (unpaired) electrons. The Balaban J connectivity index is 2.08. The maximum atomic E-state index is 12.5. The van der Waals surface area contributed by atoms with Crippen molar-refractivity contribution >= 4 is 7.60 Å². The second-order valence-corrected chi connectivity index (χ2v) is 6.03. The molecular weight excluding hydrogens is 237 g/mol. The summed E-state index contributed by atoms with van der Waals surface area (Å²) in [5, 5.41) is 3.18. The van der Waals surface area contributed by atoms with Crippen molar-refractivity contribution in [2.45, 2.75) is 25.7 Å². The summed E-state index contributed by atoms with van der Waals surface area (Å²) in [6.07, 6.45) is 0. The largest absolute Gasteiger partial charge is 0.349 e. The Morgan fingerprint density at radius 3 is 2.29 bits per heavy atom. The van der Waals surface area contributed by atoms with Crippen LogP contribution >= 0.6 is 7.60 Å². The molecule has 1 aromatic rings. The Morgan fingerprint density at radius 2 is 1.76 bits per heavy atom. The first-order valence-corrected chi connectivity index (χ1v) is 7.52. The van der Waals surface area contributed by atoms with Crippen LogP contribution in [0.1, 0.15) is 25.5 Å². The Labute approximate surface area is 102 Å². The SMILES string of the molecule is CCOP(=O)(OCC)[C@H]1N[C@@H]1c1ccccc1. The van der Waals surface area contributed by atoms with Crippen LogP contribution in [0.3, 0.4) is 0 Å². The predicted octanol–water partition coefficient (Wildman–Crippen LogP) is 2.92. The zero-order valence-corrected chi connectivity index (χ0v) is 11.0. The summed E-state index contributed by atoms with van der Waals surface area (Å²) in [7, 11) is -3.01. The second kappa shape index (κ2) is 5.32. The van der Waals surface area contributed by atoms with E-state index in [1.165, 1.54) is 0 Å². The van der Waals surface area contributed by atoms with Crippen LogP contribution in [-0.2, 0) is 13.6 Å². The van der Waals surface area contributed by atoms with Crippen LogP contribution in [0.5, 0.6) is 0 Å². The normalized spacial score (nSPS) is 23.6. The van der Waals surface area contributed by atoms with E-state index in [1.807, 2.05) is 44.2 Å². The predicted molar refractivity (Wildman–Crippen MR) is 67.0 cm³/mol. The summed E-state index contributed by atoms with van der Waals surface area (Å²) >= 11 is 0. The quantitative estimate of drug-likeness (QED) is 0.627. The van der Waals surface area contributed by atoms with E-state index in [0.29, 0.717) is 13.2 Å². The van der Waals surface area contributed by atoms with Gasteiger partial charge in [-0.1, -0.05) is 30.3 Å². The molecule has 1 aromatic carbocycles. The first-order chi connectivity index (χ1) is 8.21. The monoisotopic (exact) mass is 255 g/mol. The molecular formula is C12H18NO3P. The van der Waals surface area contributed by atoms with E-state index < -0.39 is 7.60 Å². The van der Waals surface area contributed by atoms with Crippen LogP contribution in [0.15, 0.2) is 30.3 Å². The summed E-state index contributed by atoms with van der Waals surface area (Å²) in [5.74, 6) is -0.204. The van der Waals surface area contributed by atoms with Crippen molar-refractivity contribution < 1.29 is 13.6 Å². The van der Waals surface area contributed by atoms with Gasteiger partial charge in [-0.15, -0.1) is 0 Å². The standard InChI is InChI=1S/C12H18NO3P/c1-3-15-17(14,16-4-2)12-11(13-12)10-8-6-5-7-9-10/h5-9,11-13H,3-4H2,1-2H3/t11-,12-/m1/s1. The lowest BCUT2D eigenvalue weighted by molar-refractivity contribution is 0.218. The third kappa shape index (κ3) is 2.78. The molecule has 0 amide bonds. The van der Waals surface area contributed by atoms with Gasteiger partial charge in [-0.05, 0) is 19.4 Å². The van der Waals surface area contributed by atoms with Gasteiger partial charge >= 0.3 is 7.60 Å². The minimum absolute atomic E-state index is 0.0835. The molecule has 1 saturated heterocycles. The minimum atomic E-state index is -3.01. The molecule has 1 aliphatic rings. The summed E-state index contributed by atoms with van der Waals surface area (Å²) in [6, 6.07) is 10.0. The van der Waals surface area contributed by atoms with Gasteiger partial charge in [-0.3, -0.25) is 9.88 Å². The number of nitrogens with one attached hydrogen (secondary N) is 1. The summed E-state index contributed by atoms with van der Waals surface area (Å²) in [4.78, 5) is 0. The summed E-state index contributed by atoms with van der Waals surface area (Å²) in [6.45, 7) is 4.45. The van der Waals surface area contributed by atoms with Crippen LogP contribution in [0.25, 0.3) is 0 Å². The average molecular weight is 255 g/mol. The van der Waals surface area contributed by atoms with Crippen molar-refractivity contribution in [1.29, 1.82) is 0 Å². The van der Waals surface area contributed by atoms with Crippen molar-refractivity contribution in [3.05, 3.63) is 35.9 Å². The van der Waals surface area contributed by atoms with Crippen LogP contribution in [-0.4, -0.2) is 19.0 Å². The van der Waals surface area contributed by atoms with E-state index in [9.17, 15) is 4.57 Å². The topological polar surface area (TPSA) is 57.5 Å². The fourth-order valence-electron chi connectivity index (χ4n) is 1.90. The van der Waals surface area contributed by atoms with Crippen molar-refractivity contribution in [2.24, 2.45) is 0 Å². The molecule has 5 heteroatoms. The lowest BCUT2D eigenvalue weighted by Gasteiger charge is -2.15. The highest BCUT2D eigenvalue weighted by molar-refractivity contribution is 7.55. The van der Waals surface area contributed by atoms with E-state index >= 15 is 0 Å². The third-order valence-electron chi connectivity index (χ3n) is 2.67. The Morgan fingerprint density at radius 1 is 1.18 bits per heavy atom. The van der Waals surface area contributed by atoms with Crippen molar-refractivity contribution in [2.75, 3.05) is 13.2 Å². The van der Waals surface area contributed by atoms with Crippen LogP contribution in [0.2, 0.25) is 0 Å². The molecule has 2 atom stereocenters. The highest BCUT2D eigenvalue weighted by Crippen LogP contribution is 2.61. The molecule has 0 aliphatic carbocycles. The number of hydrogen-bond acceptors (Lipinski definition) is 4. The average Bonchev–Trinajstić information content (AvgIpc) is 3.11. The van der Waals surface area contributed by atoms with Crippen LogP contribution in [0, 0.1) is 0 Å².